The number of benzene rings is 1. The topological polar surface area (TPSA) is 43.4 Å². The third-order valence-corrected chi connectivity index (χ3v) is 3.38. The number of hydrogen-bond donors (Lipinski definition) is 0. The first-order valence-electron chi connectivity index (χ1n) is 7.56. The molecular weight excluding hydrogens is 264 g/mol. The fourth-order valence-corrected chi connectivity index (χ4v) is 2.16. The van der Waals surface area contributed by atoms with Gasteiger partial charge >= 0.3 is 5.97 Å². The number of carbonyl (C=O) groups is 2. The van der Waals surface area contributed by atoms with Gasteiger partial charge in [-0.15, -0.1) is 0 Å². The van der Waals surface area contributed by atoms with Crippen LogP contribution in [0.3, 0.4) is 0 Å². The normalized spacial score (nSPS) is 11.2. The van der Waals surface area contributed by atoms with E-state index in [1.165, 1.54) is 0 Å². The monoisotopic (exact) mass is 288 g/mol. The summed E-state index contributed by atoms with van der Waals surface area (Å²) in [6, 6.07) is 7.71. The highest BCUT2D eigenvalue weighted by Crippen LogP contribution is 2.12. The lowest BCUT2D eigenvalue weighted by Crippen LogP contribution is -2.04. The maximum atomic E-state index is 11.4. The Bertz CT molecular complexity index is 489. The first kappa shape index (κ1) is 17.2. The SMILES string of the molecule is CCOC(=O)/C(C)=C/CCCCCc1ccccc1C=O. The van der Waals surface area contributed by atoms with Crippen molar-refractivity contribution in [3.63, 3.8) is 0 Å². The largest absolute Gasteiger partial charge is 0.463 e. The highest BCUT2D eigenvalue weighted by molar-refractivity contribution is 5.87. The minimum absolute atomic E-state index is 0.225. The van der Waals surface area contributed by atoms with Crippen molar-refractivity contribution in [2.45, 2.75) is 46.0 Å². The standard InChI is InChI=1S/C18H24O3/c1-3-21-18(20)15(2)10-6-4-5-7-11-16-12-8-9-13-17(16)14-19/h8-10,12-14H,3-7,11H2,1-2H3/b15-10+. The van der Waals surface area contributed by atoms with Crippen LogP contribution in [-0.2, 0) is 16.0 Å². The molecule has 21 heavy (non-hydrogen) atoms. The zero-order chi connectivity index (χ0) is 15.5. The lowest BCUT2D eigenvalue weighted by molar-refractivity contribution is -0.138. The second kappa shape index (κ2) is 9.92. The van der Waals surface area contributed by atoms with E-state index in [9.17, 15) is 9.59 Å². The Labute approximate surface area is 127 Å². The summed E-state index contributed by atoms with van der Waals surface area (Å²) < 4.78 is 4.92. The van der Waals surface area contributed by atoms with Crippen molar-refractivity contribution in [2.24, 2.45) is 0 Å². The van der Waals surface area contributed by atoms with Crippen molar-refractivity contribution in [3.8, 4) is 0 Å². The Balaban J connectivity index is 2.24. The molecular formula is C18H24O3. The first-order valence-corrected chi connectivity index (χ1v) is 7.56. The van der Waals surface area contributed by atoms with Crippen molar-refractivity contribution in [1.29, 1.82) is 0 Å². The van der Waals surface area contributed by atoms with E-state index in [4.69, 9.17) is 4.74 Å². The molecule has 0 aromatic heterocycles. The van der Waals surface area contributed by atoms with Crippen molar-refractivity contribution in [1.82, 2.24) is 0 Å². The van der Waals surface area contributed by atoms with Crippen LogP contribution in [-0.4, -0.2) is 18.9 Å². The summed E-state index contributed by atoms with van der Waals surface area (Å²) in [5.41, 5.74) is 2.59. The van der Waals surface area contributed by atoms with Crippen molar-refractivity contribution in [3.05, 3.63) is 47.0 Å². The number of unbranched alkanes of at least 4 members (excludes halogenated alkanes) is 3. The summed E-state index contributed by atoms with van der Waals surface area (Å²) >= 11 is 0. The van der Waals surface area contributed by atoms with E-state index in [0.717, 1.165) is 49.5 Å². The lowest BCUT2D eigenvalue weighted by atomic mass is 10.0. The summed E-state index contributed by atoms with van der Waals surface area (Å²) in [4.78, 5) is 22.3. The quantitative estimate of drug-likeness (QED) is 0.297. The Hall–Kier alpha value is -1.90. The zero-order valence-electron chi connectivity index (χ0n) is 12.9. The van der Waals surface area contributed by atoms with Crippen LogP contribution in [0, 0.1) is 0 Å². The van der Waals surface area contributed by atoms with E-state index in [1.807, 2.05) is 37.3 Å². The lowest BCUT2D eigenvalue weighted by Gasteiger charge is -2.04. The van der Waals surface area contributed by atoms with E-state index < -0.39 is 0 Å². The Morgan fingerprint density at radius 1 is 1.19 bits per heavy atom. The van der Waals surface area contributed by atoms with Crippen molar-refractivity contribution >= 4 is 12.3 Å². The van der Waals surface area contributed by atoms with Gasteiger partial charge in [0.15, 0.2) is 0 Å². The van der Waals surface area contributed by atoms with Crippen LogP contribution in [0.2, 0.25) is 0 Å². The number of ether oxygens (including phenoxy) is 1. The first-order chi connectivity index (χ1) is 10.2. The van der Waals surface area contributed by atoms with Crippen LogP contribution in [0.1, 0.15) is 55.5 Å². The molecule has 0 fully saturated rings. The van der Waals surface area contributed by atoms with Gasteiger partial charge < -0.3 is 4.74 Å². The predicted octanol–water partition coefficient (Wildman–Crippen LogP) is 4.11. The van der Waals surface area contributed by atoms with Gasteiger partial charge in [0.2, 0.25) is 0 Å². The fourth-order valence-electron chi connectivity index (χ4n) is 2.16. The second-order valence-electron chi connectivity index (χ2n) is 5.02. The third kappa shape index (κ3) is 6.39. The Morgan fingerprint density at radius 2 is 1.95 bits per heavy atom. The van der Waals surface area contributed by atoms with Crippen molar-refractivity contribution < 1.29 is 14.3 Å². The molecule has 0 radical (unpaired) electrons. The molecule has 0 bridgehead atoms. The van der Waals surface area contributed by atoms with Gasteiger partial charge in [-0.1, -0.05) is 36.8 Å². The minimum Gasteiger partial charge on any atom is -0.463 e. The molecule has 114 valence electrons. The summed E-state index contributed by atoms with van der Waals surface area (Å²) in [5.74, 6) is -0.225. The number of allylic oxidation sites excluding steroid dienone is 1. The molecule has 0 saturated heterocycles. The van der Waals surface area contributed by atoms with E-state index in [2.05, 4.69) is 0 Å². The summed E-state index contributed by atoms with van der Waals surface area (Å²) in [7, 11) is 0. The van der Waals surface area contributed by atoms with Gasteiger partial charge in [0.1, 0.15) is 6.29 Å². The smallest absolute Gasteiger partial charge is 0.333 e. The van der Waals surface area contributed by atoms with Gasteiger partial charge in [-0.05, 0) is 45.1 Å². The summed E-state index contributed by atoms with van der Waals surface area (Å²) in [6.45, 7) is 4.01. The molecule has 0 N–H and O–H groups in total. The van der Waals surface area contributed by atoms with Gasteiger partial charge in [-0.2, -0.15) is 0 Å². The number of rotatable bonds is 9. The van der Waals surface area contributed by atoms with Gasteiger partial charge in [0, 0.05) is 11.1 Å². The maximum Gasteiger partial charge on any atom is 0.333 e. The average molecular weight is 288 g/mol. The minimum atomic E-state index is -0.225. The van der Waals surface area contributed by atoms with Gasteiger partial charge in [-0.25, -0.2) is 4.79 Å². The second-order valence-corrected chi connectivity index (χ2v) is 5.02. The molecule has 0 aliphatic heterocycles. The fraction of sp³-hybridized carbons (Fsp3) is 0.444. The molecule has 0 amide bonds. The maximum absolute atomic E-state index is 11.4. The molecule has 1 aromatic rings. The molecule has 3 nitrogen and oxygen atoms in total. The van der Waals surface area contributed by atoms with Gasteiger partial charge in [0.05, 0.1) is 6.61 Å². The molecule has 1 rings (SSSR count). The summed E-state index contributed by atoms with van der Waals surface area (Å²) in [5, 5.41) is 0. The van der Waals surface area contributed by atoms with Crippen LogP contribution in [0.4, 0.5) is 0 Å². The number of aryl methyl sites for hydroxylation is 1. The zero-order valence-corrected chi connectivity index (χ0v) is 12.9. The van der Waals surface area contributed by atoms with Crippen molar-refractivity contribution in [2.75, 3.05) is 6.61 Å². The molecule has 0 saturated carbocycles. The molecule has 0 atom stereocenters. The van der Waals surface area contributed by atoms with Gasteiger partial charge in [0.25, 0.3) is 0 Å². The van der Waals surface area contributed by atoms with Crippen LogP contribution >= 0.6 is 0 Å². The number of aldehydes is 1. The molecule has 0 aliphatic carbocycles. The predicted molar refractivity (Wildman–Crippen MR) is 84.4 cm³/mol. The third-order valence-electron chi connectivity index (χ3n) is 3.38. The Morgan fingerprint density at radius 3 is 2.67 bits per heavy atom. The van der Waals surface area contributed by atoms with E-state index >= 15 is 0 Å². The molecule has 3 heteroatoms. The number of hydrogen-bond acceptors (Lipinski definition) is 3. The number of carbonyl (C=O) groups excluding carboxylic acids is 2. The van der Waals surface area contributed by atoms with E-state index in [1.54, 1.807) is 6.92 Å². The summed E-state index contributed by atoms with van der Waals surface area (Å²) in [6.07, 6.45) is 7.85. The van der Waals surface area contributed by atoms with Crippen LogP contribution in [0.5, 0.6) is 0 Å². The number of esters is 1. The molecule has 0 heterocycles. The molecule has 1 aromatic carbocycles. The highest BCUT2D eigenvalue weighted by atomic mass is 16.5. The Kier molecular flexibility index (Phi) is 8.10. The van der Waals surface area contributed by atoms with E-state index in [0.29, 0.717) is 12.2 Å². The van der Waals surface area contributed by atoms with Gasteiger partial charge in [-0.3, -0.25) is 4.79 Å². The van der Waals surface area contributed by atoms with Crippen LogP contribution < -0.4 is 0 Å². The van der Waals surface area contributed by atoms with Crippen LogP contribution in [0.15, 0.2) is 35.9 Å². The van der Waals surface area contributed by atoms with Crippen LogP contribution in [0.25, 0.3) is 0 Å². The average Bonchev–Trinajstić information content (AvgIpc) is 2.51. The molecule has 0 spiro atoms. The molecule has 0 unspecified atom stereocenters. The highest BCUT2D eigenvalue weighted by Gasteiger charge is 2.03. The van der Waals surface area contributed by atoms with E-state index in [-0.39, 0.29) is 5.97 Å². The molecule has 0 aliphatic rings.